The van der Waals surface area contributed by atoms with Crippen molar-refractivity contribution in [1.29, 1.82) is 0 Å². The lowest BCUT2D eigenvalue weighted by Crippen LogP contribution is -2.16. The molecule has 0 aliphatic carbocycles. The molecule has 0 fully saturated rings. The highest BCUT2D eigenvalue weighted by Crippen LogP contribution is 2.40. The molecular formula is C25H23N5O3S2. The highest BCUT2D eigenvalue weighted by molar-refractivity contribution is 7.99. The fraction of sp³-hybridized carbons (Fsp3) is 0.160. The molecule has 3 heterocycles. The number of hydrogen-bond donors (Lipinski definition) is 1. The Morgan fingerprint density at radius 3 is 2.63 bits per heavy atom. The van der Waals surface area contributed by atoms with Crippen molar-refractivity contribution in [2.24, 2.45) is 0 Å². The molecule has 10 heteroatoms. The Labute approximate surface area is 211 Å². The van der Waals surface area contributed by atoms with Crippen molar-refractivity contribution >= 4 is 40.0 Å². The standard InChI is InChI=1S/C25H23N5O3S2/c1-4-14-30-22(18-12-8-9-13-26-18)28-29-25(30)34-15-19(31)27-23-21(24(32)33-3)20(16(2)35-23)17-10-6-5-7-11-17/h4-13H,1,14-15H2,2-3H3,(H,27,31). The number of aromatic nitrogens is 4. The van der Waals surface area contributed by atoms with E-state index in [-0.39, 0.29) is 11.7 Å². The number of esters is 1. The number of ether oxygens (including phenoxy) is 1. The topological polar surface area (TPSA) is 99.0 Å². The van der Waals surface area contributed by atoms with E-state index in [1.807, 2.05) is 60.0 Å². The summed E-state index contributed by atoms with van der Waals surface area (Å²) in [6.07, 6.45) is 3.43. The zero-order valence-corrected chi connectivity index (χ0v) is 20.9. The summed E-state index contributed by atoms with van der Waals surface area (Å²) in [5, 5.41) is 12.4. The number of benzene rings is 1. The summed E-state index contributed by atoms with van der Waals surface area (Å²) >= 11 is 2.59. The van der Waals surface area contributed by atoms with Gasteiger partial charge in [-0.3, -0.25) is 14.3 Å². The van der Waals surface area contributed by atoms with Crippen LogP contribution in [0.2, 0.25) is 0 Å². The van der Waals surface area contributed by atoms with Gasteiger partial charge in [0.05, 0.1) is 12.9 Å². The predicted octanol–water partition coefficient (Wildman–Crippen LogP) is 5.08. The average molecular weight is 506 g/mol. The molecule has 0 aliphatic heterocycles. The Balaban J connectivity index is 1.55. The largest absolute Gasteiger partial charge is 0.465 e. The molecule has 3 aromatic heterocycles. The number of carbonyl (C=O) groups is 2. The SMILES string of the molecule is C=CCn1c(SCC(=O)Nc2sc(C)c(-c3ccccc3)c2C(=O)OC)nnc1-c1ccccn1. The van der Waals surface area contributed by atoms with Crippen molar-refractivity contribution < 1.29 is 14.3 Å². The minimum Gasteiger partial charge on any atom is -0.465 e. The first-order chi connectivity index (χ1) is 17.0. The summed E-state index contributed by atoms with van der Waals surface area (Å²) in [6.45, 7) is 6.19. The molecule has 0 aliphatic rings. The van der Waals surface area contributed by atoms with Gasteiger partial charge in [-0.1, -0.05) is 54.2 Å². The molecule has 178 valence electrons. The van der Waals surface area contributed by atoms with E-state index in [0.29, 0.717) is 33.8 Å². The van der Waals surface area contributed by atoms with Crippen LogP contribution in [0.25, 0.3) is 22.6 Å². The third-order valence-corrected chi connectivity index (χ3v) is 7.03. The van der Waals surface area contributed by atoms with Gasteiger partial charge >= 0.3 is 5.97 Å². The van der Waals surface area contributed by atoms with Crippen LogP contribution >= 0.6 is 23.1 Å². The summed E-state index contributed by atoms with van der Waals surface area (Å²) in [4.78, 5) is 30.8. The van der Waals surface area contributed by atoms with Gasteiger partial charge in [0.15, 0.2) is 11.0 Å². The molecule has 0 saturated heterocycles. The molecule has 1 aromatic carbocycles. The lowest BCUT2D eigenvalue weighted by Gasteiger charge is -2.09. The third-order valence-electron chi connectivity index (χ3n) is 5.04. The predicted molar refractivity (Wildman–Crippen MR) is 139 cm³/mol. The van der Waals surface area contributed by atoms with Crippen LogP contribution in [0.4, 0.5) is 5.00 Å². The Morgan fingerprint density at radius 2 is 1.94 bits per heavy atom. The fourth-order valence-corrected chi connectivity index (χ4v) is 5.38. The number of aryl methyl sites for hydroxylation is 1. The van der Waals surface area contributed by atoms with Crippen LogP contribution in [0.15, 0.2) is 72.5 Å². The van der Waals surface area contributed by atoms with Crippen molar-refractivity contribution in [3.63, 3.8) is 0 Å². The summed E-state index contributed by atoms with van der Waals surface area (Å²) in [7, 11) is 1.33. The van der Waals surface area contributed by atoms with Crippen molar-refractivity contribution in [3.8, 4) is 22.6 Å². The zero-order chi connectivity index (χ0) is 24.8. The van der Waals surface area contributed by atoms with Crippen LogP contribution in [0.3, 0.4) is 0 Å². The smallest absolute Gasteiger partial charge is 0.341 e. The van der Waals surface area contributed by atoms with E-state index in [1.165, 1.54) is 30.2 Å². The lowest BCUT2D eigenvalue weighted by atomic mass is 10.0. The molecule has 1 amide bonds. The summed E-state index contributed by atoms with van der Waals surface area (Å²) < 4.78 is 6.88. The maximum absolute atomic E-state index is 12.9. The van der Waals surface area contributed by atoms with E-state index < -0.39 is 5.97 Å². The van der Waals surface area contributed by atoms with Gasteiger partial charge < -0.3 is 10.1 Å². The molecule has 0 bridgehead atoms. The van der Waals surface area contributed by atoms with Crippen LogP contribution < -0.4 is 5.32 Å². The number of allylic oxidation sites excluding steroid dienone is 1. The van der Waals surface area contributed by atoms with Crippen molar-refractivity contribution in [2.75, 3.05) is 18.2 Å². The number of methoxy groups -OCH3 is 1. The van der Waals surface area contributed by atoms with E-state index in [0.717, 1.165) is 16.0 Å². The number of thioether (sulfide) groups is 1. The minimum atomic E-state index is -0.498. The molecule has 8 nitrogen and oxygen atoms in total. The number of anilines is 1. The first kappa shape index (κ1) is 24.4. The molecule has 4 aromatic rings. The third kappa shape index (κ3) is 5.33. The number of pyridine rings is 1. The normalized spacial score (nSPS) is 10.7. The maximum Gasteiger partial charge on any atom is 0.341 e. The molecule has 4 rings (SSSR count). The number of amides is 1. The molecule has 0 spiro atoms. The number of rotatable bonds is 9. The van der Waals surface area contributed by atoms with Crippen molar-refractivity contribution in [1.82, 2.24) is 19.7 Å². The van der Waals surface area contributed by atoms with Crippen LogP contribution in [-0.4, -0.2) is 44.5 Å². The summed E-state index contributed by atoms with van der Waals surface area (Å²) in [5.41, 5.74) is 2.68. The number of hydrogen-bond acceptors (Lipinski definition) is 8. The van der Waals surface area contributed by atoms with Crippen LogP contribution in [-0.2, 0) is 16.1 Å². The van der Waals surface area contributed by atoms with E-state index >= 15 is 0 Å². The van der Waals surface area contributed by atoms with Gasteiger partial charge in [-0.25, -0.2) is 4.79 Å². The van der Waals surface area contributed by atoms with Crippen LogP contribution in [0, 0.1) is 6.92 Å². The second-order valence-corrected chi connectivity index (χ2v) is 9.52. The minimum absolute atomic E-state index is 0.0791. The Hall–Kier alpha value is -3.76. The van der Waals surface area contributed by atoms with E-state index in [4.69, 9.17) is 4.74 Å². The van der Waals surface area contributed by atoms with E-state index in [1.54, 1.807) is 12.3 Å². The highest BCUT2D eigenvalue weighted by atomic mass is 32.2. The Kier molecular flexibility index (Phi) is 7.74. The highest BCUT2D eigenvalue weighted by Gasteiger charge is 2.25. The first-order valence-corrected chi connectivity index (χ1v) is 12.5. The second kappa shape index (κ2) is 11.1. The lowest BCUT2D eigenvalue weighted by molar-refractivity contribution is -0.113. The first-order valence-electron chi connectivity index (χ1n) is 10.7. The average Bonchev–Trinajstić information content (AvgIpc) is 3.43. The summed E-state index contributed by atoms with van der Waals surface area (Å²) in [6, 6.07) is 15.1. The van der Waals surface area contributed by atoms with Gasteiger partial charge in [0.25, 0.3) is 0 Å². The number of nitrogens with one attached hydrogen (secondary N) is 1. The van der Waals surface area contributed by atoms with Crippen molar-refractivity contribution in [2.45, 2.75) is 18.6 Å². The van der Waals surface area contributed by atoms with Crippen LogP contribution in [0.5, 0.6) is 0 Å². The zero-order valence-electron chi connectivity index (χ0n) is 19.2. The molecule has 0 radical (unpaired) electrons. The molecule has 0 saturated carbocycles. The maximum atomic E-state index is 12.9. The van der Waals surface area contributed by atoms with Crippen molar-refractivity contribution in [3.05, 3.63) is 77.8 Å². The Morgan fingerprint density at radius 1 is 1.17 bits per heavy atom. The number of thiophene rings is 1. The Bertz CT molecular complexity index is 1350. The van der Waals surface area contributed by atoms with Gasteiger partial charge in [-0.05, 0) is 24.6 Å². The number of carbonyl (C=O) groups excluding carboxylic acids is 2. The van der Waals surface area contributed by atoms with Gasteiger partial charge in [0.1, 0.15) is 16.3 Å². The molecule has 0 unspecified atom stereocenters. The monoisotopic (exact) mass is 505 g/mol. The van der Waals surface area contributed by atoms with Gasteiger partial charge in [0.2, 0.25) is 5.91 Å². The quantitative estimate of drug-likeness (QED) is 0.192. The second-order valence-electron chi connectivity index (χ2n) is 7.35. The summed E-state index contributed by atoms with van der Waals surface area (Å²) in [5.74, 6) is -0.0892. The van der Waals surface area contributed by atoms with Gasteiger partial charge in [0, 0.05) is 23.2 Å². The number of nitrogens with zero attached hydrogens (tertiary/aromatic N) is 4. The van der Waals surface area contributed by atoms with E-state index in [2.05, 4.69) is 27.1 Å². The van der Waals surface area contributed by atoms with Gasteiger partial charge in [-0.2, -0.15) is 0 Å². The molecule has 0 atom stereocenters. The van der Waals surface area contributed by atoms with Crippen LogP contribution in [0.1, 0.15) is 15.2 Å². The van der Waals surface area contributed by atoms with E-state index in [9.17, 15) is 9.59 Å². The fourth-order valence-electron chi connectivity index (χ4n) is 3.55. The molecule has 1 N–H and O–H groups in total. The van der Waals surface area contributed by atoms with Gasteiger partial charge in [-0.15, -0.1) is 28.1 Å². The molecular weight excluding hydrogens is 482 g/mol. The molecule has 35 heavy (non-hydrogen) atoms.